The Morgan fingerprint density at radius 2 is 2.26 bits per heavy atom. The Bertz CT molecular complexity index is 451. The lowest BCUT2D eigenvalue weighted by atomic mass is 9.98. The molecule has 1 aromatic rings. The number of aryl methyl sites for hydroxylation is 1. The maximum absolute atomic E-state index is 12.2. The van der Waals surface area contributed by atoms with Gasteiger partial charge < -0.3 is 9.84 Å². The standard InChI is InChI=1S/C14H21N3O2/c1-10-8-11(16-19-10)9-15-14(18)13-6-7-17(13)12-4-2-3-5-12/h8,12-13H,2-7,9H2,1H3,(H,15,18). The van der Waals surface area contributed by atoms with Crippen molar-refractivity contribution in [2.45, 2.75) is 57.7 Å². The van der Waals surface area contributed by atoms with Crippen LogP contribution in [-0.4, -0.2) is 34.6 Å². The van der Waals surface area contributed by atoms with Crippen LogP contribution in [-0.2, 0) is 11.3 Å². The molecule has 1 saturated heterocycles. The third-order valence-corrected chi connectivity index (χ3v) is 4.28. The molecule has 1 saturated carbocycles. The van der Waals surface area contributed by atoms with E-state index >= 15 is 0 Å². The minimum absolute atomic E-state index is 0.0797. The van der Waals surface area contributed by atoms with Crippen molar-refractivity contribution in [3.63, 3.8) is 0 Å². The molecule has 104 valence electrons. The summed E-state index contributed by atoms with van der Waals surface area (Å²) in [5.74, 6) is 0.916. The van der Waals surface area contributed by atoms with E-state index in [0.29, 0.717) is 12.6 Å². The molecular weight excluding hydrogens is 242 g/mol. The summed E-state index contributed by atoms with van der Waals surface area (Å²) in [6.45, 7) is 3.39. The first kappa shape index (κ1) is 12.7. The Morgan fingerprint density at radius 1 is 1.47 bits per heavy atom. The summed E-state index contributed by atoms with van der Waals surface area (Å²) in [6.07, 6.45) is 6.13. The number of amides is 1. The summed E-state index contributed by atoms with van der Waals surface area (Å²) in [5.41, 5.74) is 0.789. The molecule has 2 fully saturated rings. The quantitative estimate of drug-likeness (QED) is 0.896. The molecule has 1 aromatic heterocycles. The third kappa shape index (κ3) is 2.66. The van der Waals surface area contributed by atoms with Crippen molar-refractivity contribution in [3.8, 4) is 0 Å². The van der Waals surface area contributed by atoms with Crippen molar-refractivity contribution in [1.29, 1.82) is 0 Å². The molecule has 1 atom stereocenters. The van der Waals surface area contributed by atoms with Crippen LogP contribution in [0.5, 0.6) is 0 Å². The first-order valence-corrected chi connectivity index (χ1v) is 7.19. The predicted octanol–water partition coefficient (Wildman–Crippen LogP) is 1.62. The SMILES string of the molecule is Cc1cc(CNC(=O)C2CCN2C2CCCC2)no1. The highest BCUT2D eigenvalue weighted by atomic mass is 16.5. The average molecular weight is 263 g/mol. The molecule has 2 aliphatic rings. The molecular formula is C14H21N3O2. The molecule has 0 bridgehead atoms. The van der Waals surface area contributed by atoms with Crippen molar-refractivity contribution >= 4 is 5.91 Å². The molecule has 5 heteroatoms. The highest BCUT2D eigenvalue weighted by Gasteiger charge is 2.39. The molecule has 0 radical (unpaired) electrons. The van der Waals surface area contributed by atoms with E-state index in [9.17, 15) is 4.79 Å². The van der Waals surface area contributed by atoms with Gasteiger partial charge in [0.25, 0.3) is 0 Å². The molecule has 1 N–H and O–H groups in total. The van der Waals surface area contributed by atoms with E-state index in [-0.39, 0.29) is 11.9 Å². The topological polar surface area (TPSA) is 58.4 Å². The van der Waals surface area contributed by atoms with E-state index in [4.69, 9.17) is 4.52 Å². The molecule has 1 amide bonds. The molecule has 19 heavy (non-hydrogen) atoms. The van der Waals surface area contributed by atoms with Crippen LogP contribution in [0.3, 0.4) is 0 Å². The van der Waals surface area contributed by atoms with Crippen LogP contribution < -0.4 is 5.32 Å². The zero-order chi connectivity index (χ0) is 13.2. The number of rotatable bonds is 4. The van der Waals surface area contributed by atoms with Crippen LogP contribution in [0, 0.1) is 6.92 Å². The summed E-state index contributed by atoms with van der Waals surface area (Å²) in [7, 11) is 0. The van der Waals surface area contributed by atoms with Crippen LogP contribution in [0.2, 0.25) is 0 Å². The van der Waals surface area contributed by atoms with Gasteiger partial charge in [-0.1, -0.05) is 18.0 Å². The number of likely N-dealkylation sites (tertiary alicyclic amines) is 1. The number of hydrogen-bond acceptors (Lipinski definition) is 4. The molecule has 5 nitrogen and oxygen atoms in total. The Hall–Kier alpha value is -1.36. The smallest absolute Gasteiger partial charge is 0.237 e. The zero-order valence-corrected chi connectivity index (χ0v) is 11.4. The summed E-state index contributed by atoms with van der Waals surface area (Å²) in [6, 6.07) is 2.57. The summed E-state index contributed by atoms with van der Waals surface area (Å²) in [4.78, 5) is 14.5. The average Bonchev–Trinajstić information content (AvgIpc) is 2.97. The van der Waals surface area contributed by atoms with Crippen molar-refractivity contribution in [1.82, 2.24) is 15.4 Å². The molecule has 2 heterocycles. The lowest BCUT2D eigenvalue weighted by Gasteiger charge is -2.43. The maximum atomic E-state index is 12.2. The van der Waals surface area contributed by atoms with Gasteiger partial charge in [0, 0.05) is 18.7 Å². The number of nitrogens with zero attached hydrogens (tertiary/aromatic N) is 2. The first-order chi connectivity index (χ1) is 9.24. The highest BCUT2D eigenvalue weighted by Crippen LogP contribution is 2.30. The molecule has 1 aliphatic carbocycles. The Kier molecular flexibility index (Phi) is 3.55. The largest absolute Gasteiger partial charge is 0.361 e. The van der Waals surface area contributed by atoms with Gasteiger partial charge in [-0.15, -0.1) is 0 Å². The first-order valence-electron chi connectivity index (χ1n) is 7.19. The van der Waals surface area contributed by atoms with Gasteiger partial charge >= 0.3 is 0 Å². The second-order valence-corrected chi connectivity index (χ2v) is 5.63. The van der Waals surface area contributed by atoms with Gasteiger partial charge in [0.1, 0.15) is 11.5 Å². The van der Waals surface area contributed by atoms with Gasteiger partial charge in [-0.05, 0) is 26.2 Å². The Balaban J connectivity index is 1.50. The lowest BCUT2D eigenvalue weighted by molar-refractivity contribution is -0.132. The van der Waals surface area contributed by atoms with Crippen LogP contribution in [0.15, 0.2) is 10.6 Å². The van der Waals surface area contributed by atoms with Gasteiger partial charge in [0.15, 0.2) is 0 Å². The van der Waals surface area contributed by atoms with Crippen LogP contribution in [0.1, 0.15) is 43.6 Å². The fourth-order valence-corrected chi connectivity index (χ4v) is 3.16. The Morgan fingerprint density at radius 3 is 2.84 bits per heavy atom. The summed E-state index contributed by atoms with van der Waals surface area (Å²) >= 11 is 0. The van der Waals surface area contributed by atoms with E-state index < -0.39 is 0 Å². The van der Waals surface area contributed by atoms with E-state index in [1.165, 1.54) is 25.7 Å². The number of hydrogen-bond donors (Lipinski definition) is 1. The van der Waals surface area contributed by atoms with Gasteiger partial charge in [0.05, 0.1) is 12.6 Å². The fraction of sp³-hybridized carbons (Fsp3) is 0.714. The fourth-order valence-electron chi connectivity index (χ4n) is 3.16. The number of aromatic nitrogens is 1. The second-order valence-electron chi connectivity index (χ2n) is 5.63. The van der Waals surface area contributed by atoms with E-state index in [0.717, 1.165) is 24.4 Å². The van der Waals surface area contributed by atoms with Crippen LogP contribution >= 0.6 is 0 Å². The minimum Gasteiger partial charge on any atom is -0.361 e. The van der Waals surface area contributed by atoms with Crippen molar-refractivity contribution in [2.24, 2.45) is 0 Å². The van der Waals surface area contributed by atoms with E-state index in [1.54, 1.807) is 0 Å². The Labute approximate surface area is 113 Å². The zero-order valence-electron chi connectivity index (χ0n) is 11.4. The molecule has 1 unspecified atom stereocenters. The van der Waals surface area contributed by atoms with E-state index in [1.807, 2.05) is 13.0 Å². The normalized spacial score (nSPS) is 24.4. The van der Waals surface area contributed by atoms with Crippen molar-refractivity contribution in [3.05, 3.63) is 17.5 Å². The van der Waals surface area contributed by atoms with Crippen molar-refractivity contribution in [2.75, 3.05) is 6.54 Å². The number of nitrogens with one attached hydrogen (secondary N) is 1. The van der Waals surface area contributed by atoms with Gasteiger partial charge in [-0.3, -0.25) is 9.69 Å². The van der Waals surface area contributed by atoms with Gasteiger partial charge in [-0.2, -0.15) is 0 Å². The van der Waals surface area contributed by atoms with Crippen LogP contribution in [0.4, 0.5) is 0 Å². The molecule has 3 rings (SSSR count). The third-order valence-electron chi connectivity index (χ3n) is 4.28. The highest BCUT2D eigenvalue weighted by molar-refractivity contribution is 5.82. The minimum atomic E-state index is 0.0797. The van der Waals surface area contributed by atoms with Crippen molar-refractivity contribution < 1.29 is 9.32 Å². The predicted molar refractivity (Wildman–Crippen MR) is 70.5 cm³/mol. The maximum Gasteiger partial charge on any atom is 0.237 e. The lowest BCUT2D eigenvalue weighted by Crippen LogP contribution is -2.59. The monoisotopic (exact) mass is 263 g/mol. The summed E-state index contributed by atoms with van der Waals surface area (Å²) in [5, 5.41) is 6.85. The molecule has 0 aromatic carbocycles. The molecule has 1 aliphatic heterocycles. The number of carbonyl (C=O) groups excluding carboxylic acids is 1. The molecule has 0 spiro atoms. The number of carbonyl (C=O) groups is 1. The van der Waals surface area contributed by atoms with Gasteiger partial charge in [0.2, 0.25) is 5.91 Å². The van der Waals surface area contributed by atoms with Gasteiger partial charge in [-0.25, -0.2) is 0 Å². The summed E-state index contributed by atoms with van der Waals surface area (Å²) < 4.78 is 4.99. The second kappa shape index (κ2) is 5.33. The van der Waals surface area contributed by atoms with E-state index in [2.05, 4.69) is 15.4 Å². The van der Waals surface area contributed by atoms with Crippen LogP contribution in [0.25, 0.3) is 0 Å².